The van der Waals surface area contributed by atoms with Crippen molar-refractivity contribution in [2.45, 2.75) is 12.8 Å². The Morgan fingerprint density at radius 2 is 1.90 bits per heavy atom. The lowest BCUT2D eigenvalue weighted by Crippen LogP contribution is -2.26. The zero-order chi connectivity index (χ0) is 14.1. The highest BCUT2D eigenvalue weighted by atomic mass is 35.5. The fourth-order valence-electron chi connectivity index (χ4n) is 2.35. The van der Waals surface area contributed by atoms with E-state index in [-0.39, 0.29) is 10.6 Å². The molecule has 1 aliphatic rings. The molecule has 2 heterocycles. The van der Waals surface area contributed by atoms with Crippen LogP contribution in [0.25, 0.3) is 0 Å². The van der Waals surface area contributed by atoms with Gasteiger partial charge in [-0.2, -0.15) is 15.0 Å². The molecular formula is C13H12Cl2N4O. The molecule has 3 rings (SSSR count). The summed E-state index contributed by atoms with van der Waals surface area (Å²) in [6, 6.07) is 5.95. The number of aryl methyl sites for hydroxylation is 1. The van der Waals surface area contributed by atoms with Crippen LogP contribution in [0, 0.1) is 0 Å². The molecule has 0 bridgehead atoms. The minimum absolute atomic E-state index is 0.0978. The molecule has 7 heteroatoms. The molecule has 2 aromatic rings. The lowest BCUT2D eigenvalue weighted by Gasteiger charge is -2.29. The van der Waals surface area contributed by atoms with Gasteiger partial charge in [0.2, 0.25) is 16.5 Å². The van der Waals surface area contributed by atoms with Crippen LogP contribution in [0.3, 0.4) is 0 Å². The molecule has 0 atom stereocenters. The van der Waals surface area contributed by atoms with Crippen molar-refractivity contribution >= 4 is 34.8 Å². The van der Waals surface area contributed by atoms with Gasteiger partial charge < -0.3 is 9.64 Å². The third-order valence-corrected chi connectivity index (χ3v) is 3.55. The number of ether oxygens (including phenoxy) is 1. The molecule has 5 nitrogen and oxygen atoms in total. The van der Waals surface area contributed by atoms with E-state index >= 15 is 0 Å². The molecule has 0 aliphatic carbocycles. The van der Waals surface area contributed by atoms with Crippen LogP contribution in [0.5, 0.6) is 5.75 Å². The van der Waals surface area contributed by atoms with Crippen molar-refractivity contribution in [2.75, 3.05) is 18.6 Å². The zero-order valence-corrected chi connectivity index (χ0v) is 12.3. The smallest absolute Gasteiger partial charge is 0.235 e. The van der Waals surface area contributed by atoms with E-state index in [0.29, 0.717) is 5.95 Å². The number of anilines is 2. The van der Waals surface area contributed by atoms with Crippen molar-refractivity contribution in [1.82, 2.24) is 15.0 Å². The van der Waals surface area contributed by atoms with E-state index < -0.39 is 0 Å². The molecule has 0 fully saturated rings. The number of rotatable bonds is 2. The third kappa shape index (κ3) is 2.51. The average molecular weight is 311 g/mol. The van der Waals surface area contributed by atoms with Crippen molar-refractivity contribution in [1.29, 1.82) is 0 Å². The maximum atomic E-state index is 5.85. The Morgan fingerprint density at radius 3 is 2.60 bits per heavy atom. The van der Waals surface area contributed by atoms with Crippen molar-refractivity contribution in [2.24, 2.45) is 0 Å². The molecule has 0 spiro atoms. The van der Waals surface area contributed by atoms with Crippen LogP contribution in [-0.2, 0) is 6.42 Å². The van der Waals surface area contributed by atoms with E-state index in [1.165, 1.54) is 5.56 Å². The molecule has 20 heavy (non-hydrogen) atoms. The number of benzene rings is 1. The summed E-state index contributed by atoms with van der Waals surface area (Å²) < 4.78 is 5.26. The quantitative estimate of drug-likeness (QED) is 0.852. The van der Waals surface area contributed by atoms with Gasteiger partial charge in [-0.25, -0.2) is 0 Å². The first kappa shape index (κ1) is 13.4. The third-order valence-electron chi connectivity index (χ3n) is 3.22. The van der Waals surface area contributed by atoms with Crippen molar-refractivity contribution in [3.8, 4) is 5.75 Å². The SMILES string of the molecule is COc1ccc2c(c1)CCCN2c1nc(Cl)nc(Cl)n1. The predicted octanol–water partition coefficient (Wildman–Crippen LogP) is 3.27. The predicted molar refractivity (Wildman–Crippen MR) is 78.2 cm³/mol. The summed E-state index contributed by atoms with van der Waals surface area (Å²) in [5.41, 5.74) is 2.25. The largest absolute Gasteiger partial charge is 0.497 e. The van der Waals surface area contributed by atoms with Gasteiger partial charge in [0.25, 0.3) is 0 Å². The van der Waals surface area contributed by atoms with Gasteiger partial charge in [-0.1, -0.05) is 0 Å². The lowest BCUT2D eigenvalue weighted by atomic mass is 10.0. The second kappa shape index (κ2) is 5.42. The standard InChI is InChI=1S/C13H12Cl2N4O/c1-20-9-4-5-10-8(7-9)3-2-6-19(10)13-17-11(14)16-12(15)18-13/h4-5,7H,2-3,6H2,1H3. The summed E-state index contributed by atoms with van der Waals surface area (Å²) in [6.07, 6.45) is 2.00. The molecule has 0 unspecified atom stereocenters. The van der Waals surface area contributed by atoms with Crippen LogP contribution in [0.1, 0.15) is 12.0 Å². The number of nitrogens with zero attached hydrogens (tertiary/aromatic N) is 4. The van der Waals surface area contributed by atoms with Crippen LogP contribution in [0.4, 0.5) is 11.6 Å². The van der Waals surface area contributed by atoms with Gasteiger partial charge in [-0.15, -0.1) is 0 Å². The molecule has 0 amide bonds. The summed E-state index contributed by atoms with van der Waals surface area (Å²) >= 11 is 11.7. The zero-order valence-electron chi connectivity index (χ0n) is 10.8. The van der Waals surface area contributed by atoms with E-state index in [4.69, 9.17) is 27.9 Å². The Morgan fingerprint density at radius 1 is 1.15 bits per heavy atom. The minimum Gasteiger partial charge on any atom is -0.497 e. The van der Waals surface area contributed by atoms with Gasteiger partial charge in [0.1, 0.15) is 5.75 Å². The minimum atomic E-state index is 0.0978. The highest BCUT2D eigenvalue weighted by Crippen LogP contribution is 2.34. The number of hydrogen-bond donors (Lipinski definition) is 0. The second-order valence-electron chi connectivity index (χ2n) is 4.42. The van der Waals surface area contributed by atoms with Gasteiger partial charge in [0, 0.05) is 12.2 Å². The van der Waals surface area contributed by atoms with Crippen molar-refractivity contribution in [3.63, 3.8) is 0 Å². The molecule has 1 aromatic heterocycles. The molecule has 104 valence electrons. The van der Waals surface area contributed by atoms with E-state index in [9.17, 15) is 0 Å². The maximum Gasteiger partial charge on any atom is 0.235 e. The normalized spacial score (nSPS) is 14.1. The van der Waals surface area contributed by atoms with Crippen molar-refractivity contribution in [3.05, 3.63) is 34.3 Å². The number of aromatic nitrogens is 3. The molecule has 0 saturated heterocycles. The molecule has 1 aliphatic heterocycles. The van der Waals surface area contributed by atoms with E-state index in [1.807, 2.05) is 23.1 Å². The van der Waals surface area contributed by atoms with Crippen LogP contribution < -0.4 is 9.64 Å². The van der Waals surface area contributed by atoms with Gasteiger partial charge in [-0.3, -0.25) is 0 Å². The molecule has 0 radical (unpaired) electrons. The van der Waals surface area contributed by atoms with Gasteiger partial charge >= 0.3 is 0 Å². The summed E-state index contributed by atoms with van der Waals surface area (Å²) in [5, 5.41) is 0.196. The Bertz CT molecular complexity index is 630. The number of fused-ring (bicyclic) bond motifs is 1. The maximum absolute atomic E-state index is 5.85. The average Bonchev–Trinajstić information content (AvgIpc) is 2.45. The first-order valence-corrected chi connectivity index (χ1v) is 6.94. The number of hydrogen-bond acceptors (Lipinski definition) is 5. The first-order chi connectivity index (χ1) is 9.67. The molecule has 1 aromatic carbocycles. The molecule has 0 saturated carbocycles. The van der Waals surface area contributed by atoms with Gasteiger partial charge in [0.15, 0.2) is 0 Å². The van der Waals surface area contributed by atoms with Crippen LogP contribution in [0.15, 0.2) is 18.2 Å². The van der Waals surface area contributed by atoms with Gasteiger partial charge in [-0.05, 0) is 59.8 Å². The lowest BCUT2D eigenvalue weighted by molar-refractivity contribution is 0.414. The Hall–Kier alpha value is -1.59. The highest BCUT2D eigenvalue weighted by molar-refractivity contribution is 6.31. The summed E-state index contributed by atoms with van der Waals surface area (Å²) in [5.74, 6) is 1.32. The van der Waals surface area contributed by atoms with Crippen LogP contribution in [-0.4, -0.2) is 28.6 Å². The fraction of sp³-hybridized carbons (Fsp3) is 0.308. The Labute approximate surface area is 126 Å². The summed E-state index contributed by atoms with van der Waals surface area (Å²) in [7, 11) is 1.66. The summed E-state index contributed by atoms with van der Waals surface area (Å²) in [4.78, 5) is 14.1. The second-order valence-corrected chi connectivity index (χ2v) is 5.10. The fourth-order valence-corrected chi connectivity index (χ4v) is 2.70. The van der Waals surface area contributed by atoms with E-state index in [1.54, 1.807) is 7.11 Å². The first-order valence-electron chi connectivity index (χ1n) is 6.19. The van der Waals surface area contributed by atoms with E-state index in [2.05, 4.69) is 15.0 Å². The van der Waals surface area contributed by atoms with Crippen LogP contribution in [0.2, 0.25) is 10.6 Å². The van der Waals surface area contributed by atoms with E-state index in [0.717, 1.165) is 30.8 Å². The van der Waals surface area contributed by atoms with Crippen LogP contribution >= 0.6 is 23.2 Å². The van der Waals surface area contributed by atoms with Gasteiger partial charge in [0.05, 0.1) is 7.11 Å². The number of methoxy groups -OCH3 is 1. The Balaban J connectivity index is 2.05. The monoisotopic (exact) mass is 310 g/mol. The topological polar surface area (TPSA) is 51.1 Å². The highest BCUT2D eigenvalue weighted by Gasteiger charge is 2.21. The number of halogens is 2. The summed E-state index contributed by atoms with van der Waals surface area (Å²) in [6.45, 7) is 0.815. The molecule has 0 N–H and O–H groups in total. The van der Waals surface area contributed by atoms with Crippen molar-refractivity contribution < 1.29 is 4.74 Å². The molecular weight excluding hydrogens is 299 g/mol. The Kier molecular flexibility index (Phi) is 3.63.